The molecule has 1 aromatic rings. The highest BCUT2D eigenvalue weighted by molar-refractivity contribution is 5.14. The van der Waals surface area contributed by atoms with Crippen molar-refractivity contribution in [3.8, 4) is 0 Å². The van der Waals surface area contributed by atoms with Crippen molar-refractivity contribution < 1.29 is 4.74 Å². The van der Waals surface area contributed by atoms with Gasteiger partial charge < -0.3 is 15.4 Å². The van der Waals surface area contributed by atoms with Crippen LogP contribution in [0.25, 0.3) is 0 Å². The fourth-order valence-corrected chi connectivity index (χ4v) is 2.39. The van der Waals surface area contributed by atoms with Crippen LogP contribution in [0.1, 0.15) is 18.9 Å². The van der Waals surface area contributed by atoms with Crippen LogP contribution in [0.3, 0.4) is 0 Å². The number of rotatable bonds is 5. The van der Waals surface area contributed by atoms with E-state index in [-0.39, 0.29) is 5.54 Å². The SMILES string of the molecule is CO[C@H]1CN[C@](C)(CNCc2ccccc2)C1. The van der Waals surface area contributed by atoms with E-state index in [2.05, 4.69) is 41.8 Å². The van der Waals surface area contributed by atoms with Crippen molar-refractivity contribution >= 4 is 0 Å². The summed E-state index contributed by atoms with van der Waals surface area (Å²) in [6, 6.07) is 10.5. The summed E-state index contributed by atoms with van der Waals surface area (Å²) in [4.78, 5) is 0. The summed E-state index contributed by atoms with van der Waals surface area (Å²) in [5, 5.41) is 7.04. The highest BCUT2D eigenvalue weighted by atomic mass is 16.5. The van der Waals surface area contributed by atoms with Gasteiger partial charge in [-0.2, -0.15) is 0 Å². The molecule has 0 aromatic heterocycles. The lowest BCUT2D eigenvalue weighted by Crippen LogP contribution is -2.45. The highest BCUT2D eigenvalue weighted by Crippen LogP contribution is 2.20. The van der Waals surface area contributed by atoms with Gasteiger partial charge in [-0.15, -0.1) is 0 Å². The van der Waals surface area contributed by atoms with Gasteiger partial charge in [-0.3, -0.25) is 0 Å². The molecule has 0 saturated carbocycles. The van der Waals surface area contributed by atoms with E-state index in [9.17, 15) is 0 Å². The summed E-state index contributed by atoms with van der Waals surface area (Å²) in [5.41, 5.74) is 1.49. The van der Waals surface area contributed by atoms with Gasteiger partial charge in [0.2, 0.25) is 0 Å². The molecule has 0 spiro atoms. The van der Waals surface area contributed by atoms with E-state index >= 15 is 0 Å². The molecule has 0 bridgehead atoms. The quantitative estimate of drug-likeness (QED) is 0.811. The normalized spacial score (nSPS) is 28.5. The van der Waals surface area contributed by atoms with E-state index in [1.807, 2.05) is 6.07 Å². The maximum atomic E-state index is 5.38. The number of ether oxygens (including phenoxy) is 1. The number of hydrogen-bond acceptors (Lipinski definition) is 3. The topological polar surface area (TPSA) is 33.3 Å². The van der Waals surface area contributed by atoms with Crippen LogP contribution < -0.4 is 10.6 Å². The maximum absolute atomic E-state index is 5.38. The van der Waals surface area contributed by atoms with Crippen molar-refractivity contribution in [1.82, 2.24) is 10.6 Å². The smallest absolute Gasteiger partial charge is 0.0713 e. The predicted octanol–water partition coefficient (Wildman–Crippen LogP) is 1.54. The Morgan fingerprint density at radius 3 is 2.82 bits per heavy atom. The van der Waals surface area contributed by atoms with E-state index in [0.29, 0.717) is 6.10 Å². The van der Waals surface area contributed by atoms with Crippen LogP contribution in [-0.2, 0) is 11.3 Å². The molecule has 1 aromatic carbocycles. The van der Waals surface area contributed by atoms with Crippen LogP contribution in [0.5, 0.6) is 0 Å². The molecule has 1 aliphatic heterocycles. The molecule has 2 rings (SSSR count). The first-order valence-corrected chi connectivity index (χ1v) is 6.24. The molecule has 0 aliphatic carbocycles. The minimum Gasteiger partial charge on any atom is -0.380 e. The molecule has 0 unspecified atom stereocenters. The molecule has 1 fully saturated rings. The third-order valence-corrected chi connectivity index (χ3v) is 3.46. The van der Waals surface area contributed by atoms with Crippen molar-refractivity contribution in [1.29, 1.82) is 0 Å². The van der Waals surface area contributed by atoms with Crippen LogP contribution >= 0.6 is 0 Å². The molecule has 3 heteroatoms. The number of benzene rings is 1. The first-order chi connectivity index (χ1) is 8.22. The van der Waals surface area contributed by atoms with E-state index in [0.717, 1.165) is 26.1 Å². The van der Waals surface area contributed by atoms with Crippen LogP contribution in [0.4, 0.5) is 0 Å². The lowest BCUT2D eigenvalue weighted by Gasteiger charge is -2.25. The fourth-order valence-electron chi connectivity index (χ4n) is 2.39. The van der Waals surface area contributed by atoms with Gasteiger partial charge in [-0.25, -0.2) is 0 Å². The molecule has 1 heterocycles. The molecule has 0 amide bonds. The minimum atomic E-state index is 0.162. The van der Waals surface area contributed by atoms with Gasteiger partial charge in [0.05, 0.1) is 6.10 Å². The standard InChI is InChI=1S/C14H22N2O/c1-14(8-13(17-2)10-16-14)11-15-9-12-6-4-3-5-7-12/h3-7,13,15-16H,8-11H2,1-2H3/t13-,14+/m1/s1. The number of nitrogens with one attached hydrogen (secondary N) is 2. The van der Waals surface area contributed by atoms with E-state index < -0.39 is 0 Å². The predicted molar refractivity (Wildman–Crippen MR) is 70.0 cm³/mol. The number of methoxy groups -OCH3 is 1. The molecule has 1 saturated heterocycles. The molecule has 94 valence electrons. The van der Waals surface area contributed by atoms with Gasteiger partial charge in [-0.1, -0.05) is 30.3 Å². The molecular formula is C14H22N2O. The van der Waals surface area contributed by atoms with Crippen molar-refractivity contribution in [3.63, 3.8) is 0 Å². The zero-order valence-corrected chi connectivity index (χ0v) is 10.7. The lowest BCUT2D eigenvalue weighted by molar-refractivity contribution is 0.113. The Bertz CT molecular complexity index is 341. The van der Waals surface area contributed by atoms with Crippen molar-refractivity contribution in [2.24, 2.45) is 0 Å². The van der Waals surface area contributed by atoms with E-state index in [4.69, 9.17) is 4.74 Å². The van der Waals surface area contributed by atoms with Gasteiger partial charge in [0.15, 0.2) is 0 Å². The average Bonchev–Trinajstić information content (AvgIpc) is 2.73. The Kier molecular flexibility index (Phi) is 4.15. The Hall–Kier alpha value is -0.900. The van der Waals surface area contributed by atoms with Crippen LogP contribution in [0.15, 0.2) is 30.3 Å². The summed E-state index contributed by atoms with van der Waals surface area (Å²) in [7, 11) is 1.79. The fraction of sp³-hybridized carbons (Fsp3) is 0.571. The van der Waals surface area contributed by atoms with Crippen LogP contribution in [0, 0.1) is 0 Å². The maximum Gasteiger partial charge on any atom is 0.0713 e. The summed E-state index contributed by atoms with van der Waals surface area (Å²) < 4.78 is 5.38. The van der Waals surface area contributed by atoms with Crippen molar-refractivity contribution in [3.05, 3.63) is 35.9 Å². The Morgan fingerprint density at radius 1 is 1.41 bits per heavy atom. The molecule has 3 nitrogen and oxygen atoms in total. The second-order valence-electron chi connectivity index (χ2n) is 5.09. The second-order valence-corrected chi connectivity index (χ2v) is 5.09. The average molecular weight is 234 g/mol. The minimum absolute atomic E-state index is 0.162. The largest absolute Gasteiger partial charge is 0.380 e. The highest BCUT2D eigenvalue weighted by Gasteiger charge is 2.34. The second kappa shape index (κ2) is 5.63. The van der Waals surface area contributed by atoms with Gasteiger partial charge in [0, 0.05) is 32.3 Å². The van der Waals surface area contributed by atoms with E-state index in [1.165, 1.54) is 5.56 Å². The van der Waals surface area contributed by atoms with Crippen molar-refractivity contribution in [2.45, 2.75) is 31.5 Å². The molecule has 2 N–H and O–H groups in total. The Labute approximate surface area is 104 Å². The number of hydrogen-bond donors (Lipinski definition) is 2. The van der Waals surface area contributed by atoms with Crippen molar-refractivity contribution in [2.75, 3.05) is 20.2 Å². The lowest BCUT2D eigenvalue weighted by atomic mass is 9.99. The van der Waals surface area contributed by atoms with Gasteiger partial charge in [0.25, 0.3) is 0 Å². The van der Waals surface area contributed by atoms with Crippen LogP contribution in [0.2, 0.25) is 0 Å². The zero-order valence-electron chi connectivity index (χ0n) is 10.7. The summed E-state index contributed by atoms with van der Waals surface area (Å²) >= 11 is 0. The Balaban J connectivity index is 1.75. The molecule has 17 heavy (non-hydrogen) atoms. The third-order valence-electron chi connectivity index (χ3n) is 3.46. The van der Waals surface area contributed by atoms with Crippen LogP contribution in [-0.4, -0.2) is 31.8 Å². The van der Waals surface area contributed by atoms with E-state index in [1.54, 1.807) is 7.11 Å². The molecule has 0 radical (unpaired) electrons. The summed E-state index contributed by atoms with van der Waals surface area (Å²) in [6.45, 7) is 5.11. The first kappa shape index (κ1) is 12.6. The summed E-state index contributed by atoms with van der Waals surface area (Å²) in [6.07, 6.45) is 1.43. The molecule has 2 atom stereocenters. The molecular weight excluding hydrogens is 212 g/mol. The van der Waals surface area contributed by atoms with Gasteiger partial charge in [-0.05, 0) is 18.9 Å². The van der Waals surface area contributed by atoms with Gasteiger partial charge >= 0.3 is 0 Å². The zero-order chi connectivity index (χ0) is 12.1. The third kappa shape index (κ3) is 3.53. The monoisotopic (exact) mass is 234 g/mol. The Morgan fingerprint density at radius 2 is 2.18 bits per heavy atom. The molecule has 1 aliphatic rings. The van der Waals surface area contributed by atoms with Gasteiger partial charge in [0.1, 0.15) is 0 Å². The summed E-state index contributed by atoms with van der Waals surface area (Å²) in [5.74, 6) is 0. The first-order valence-electron chi connectivity index (χ1n) is 6.24.